The van der Waals surface area contributed by atoms with E-state index in [2.05, 4.69) is 0 Å². The van der Waals surface area contributed by atoms with Crippen LogP contribution in [-0.2, 0) is 9.53 Å². The van der Waals surface area contributed by atoms with Crippen LogP contribution < -0.4 is 0 Å². The summed E-state index contributed by atoms with van der Waals surface area (Å²) in [5, 5.41) is 28.0. The molecule has 0 bridgehead atoms. The molecule has 8 nitrogen and oxygen atoms in total. The number of carbonyl (C=O) groups is 2. The average molecular weight is 276 g/mol. The third-order valence-electron chi connectivity index (χ3n) is 2.98. The number of aliphatic carboxylic acids is 1. The zero-order chi connectivity index (χ0) is 14.6. The van der Waals surface area contributed by atoms with Gasteiger partial charge in [-0.3, -0.25) is 0 Å². The number of methoxy groups -OCH3 is 1. The number of aliphatic hydroxyl groups excluding tert-OH is 2. The molecule has 1 aliphatic heterocycles. The fourth-order valence-electron chi connectivity index (χ4n) is 2.12. The molecule has 0 saturated carbocycles. The number of likely N-dealkylation sites (tertiary alicyclic amines) is 1. The van der Waals surface area contributed by atoms with Gasteiger partial charge in [-0.1, -0.05) is 0 Å². The molecule has 0 radical (unpaired) electrons. The van der Waals surface area contributed by atoms with Gasteiger partial charge in [0, 0.05) is 27.1 Å². The quantitative estimate of drug-likeness (QED) is 0.567. The van der Waals surface area contributed by atoms with E-state index in [-0.39, 0.29) is 26.1 Å². The van der Waals surface area contributed by atoms with Gasteiger partial charge in [-0.25, -0.2) is 9.59 Å². The molecule has 1 aliphatic rings. The van der Waals surface area contributed by atoms with Crippen molar-refractivity contribution >= 4 is 12.0 Å². The number of carboxylic acids is 1. The Morgan fingerprint density at radius 2 is 2.16 bits per heavy atom. The Hall–Kier alpha value is -1.38. The number of hydrogen-bond donors (Lipinski definition) is 3. The lowest BCUT2D eigenvalue weighted by Gasteiger charge is -2.28. The third kappa shape index (κ3) is 4.05. The summed E-state index contributed by atoms with van der Waals surface area (Å²) in [6.45, 7) is 0.106. The minimum atomic E-state index is -1.14. The number of rotatable bonds is 5. The fraction of sp³-hybridized carbons (Fsp3) is 0.818. The molecule has 1 unspecified atom stereocenters. The van der Waals surface area contributed by atoms with Crippen LogP contribution in [0.4, 0.5) is 4.79 Å². The van der Waals surface area contributed by atoms with E-state index < -0.39 is 30.3 Å². The normalized spacial score (nSPS) is 24.3. The minimum absolute atomic E-state index is 0.0134. The fourth-order valence-corrected chi connectivity index (χ4v) is 2.12. The molecular weight excluding hydrogens is 256 g/mol. The molecule has 8 heteroatoms. The second-order valence-electron chi connectivity index (χ2n) is 4.67. The standard InChI is InChI=1S/C11H20N2O6/c1-12(4-8(15)6-19-2)11(18)13-5-7(14)3-9(13)10(16)17/h7-9,14-15H,3-6H2,1-2H3,(H,16,17)/t7-,8?,9-/m0/s1. The lowest BCUT2D eigenvalue weighted by Crippen LogP contribution is -2.49. The molecule has 1 rings (SSSR count). The molecule has 1 saturated heterocycles. The summed E-state index contributed by atoms with van der Waals surface area (Å²) in [6.07, 6.45) is -1.65. The summed E-state index contributed by atoms with van der Waals surface area (Å²) in [7, 11) is 2.90. The van der Waals surface area contributed by atoms with E-state index in [1.165, 1.54) is 19.1 Å². The summed E-state index contributed by atoms with van der Waals surface area (Å²) in [6, 6.07) is -1.55. The molecule has 1 heterocycles. The van der Waals surface area contributed by atoms with Gasteiger partial charge in [0.2, 0.25) is 0 Å². The van der Waals surface area contributed by atoms with Crippen molar-refractivity contribution in [1.29, 1.82) is 0 Å². The maximum absolute atomic E-state index is 12.1. The van der Waals surface area contributed by atoms with Gasteiger partial charge in [0.25, 0.3) is 0 Å². The number of carboxylic acid groups (broad SMARTS) is 1. The van der Waals surface area contributed by atoms with Crippen LogP contribution in [0, 0.1) is 0 Å². The van der Waals surface area contributed by atoms with Gasteiger partial charge in [0.1, 0.15) is 6.04 Å². The molecule has 19 heavy (non-hydrogen) atoms. The van der Waals surface area contributed by atoms with Gasteiger partial charge in [-0.15, -0.1) is 0 Å². The molecule has 2 amide bonds. The van der Waals surface area contributed by atoms with E-state index in [1.807, 2.05) is 0 Å². The smallest absolute Gasteiger partial charge is 0.326 e. The first-order chi connectivity index (χ1) is 8.86. The third-order valence-corrected chi connectivity index (χ3v) is 2.98. The highest BCUT2D eigenvalue weighted by Gasteiger charge is 2.40. The highest BCUT2D eigenvalue weighted by Crippen LogP contribution is 2.19. The highest BCUT2D eigenvalue weighted by atomic mass is 16.5. The van der Waals surface area contributed by atoms with Gasteiger partial charge in [0.15, 0.2) is 0 Å². The number of ether oxygens (including phenoxy) is 1. The number of likely N-dealkylation sites (N-methyl/N-ethyl adjacent to an activating group) is 1. The molecule has 0 aromatic heterocycles. The molecule has 0 spiro atoms. The van der Waals surface area contributed by atoms with Crippen LogP contribution in [0.5, 0.6) is 0 Å². The topological polar surface area (TPSA) is 111 Å². The number of amides is 2. The Balaban J connectivity index is 2.62. The predicted octanol–water partition coefficient (Wildman–Crippen LogP) is -1.43. The molecule has 110 valence electrons. The first-order valence-electron chi connectivity index (χ1n) is 5.96. The van der Waals surface area contributed by atoms with Crippen LogP contribution in [0.1, 0.15) is 6.42 Å². The van der Waals surface area contributed by atoms with Crippen LogP contribution in [-0.4, -0.2) is 89.2 Å². The predicted molar refractivity (Wildman–Crippen MR) is 64.7 cm³/mol. The minimum Gasteiger partial charge on any atom is -0.480 e. The molecular formula is C11H20N2O6. The van der Waals surface area contributed by atoms with Crippen LogP contribution in [0.3, 0.4) is 0 Å². The molecule has 1 fully saturated rings. The number of hydrogen-bond acceptors (Lipinski definition) is 5. The number of β-amino-alcohol motifs (C(OH)–C–C–N with tert-alkyl or cyclic N) is 1. The van der Waals surface area contributed by atoms with Gasteiger partial charge >= 0.3 is 12.0 Å². The van der Waals surface area contributed by atoms with Crippen LogP contribution in [0.2, 0.25) is 0 Å². The summed E-state index contributed by atoms with van der Waals surface area (Å²) in [4.78, 5) is 25.4. The summed E-state index contributed by atoms with van der Waals surface area (Å²) >= 11 is 0. The van der Waals surface area contributed by atoms with Crippen molar-refractivity contribution in [2.24, 2.45) is 0 Å². The monoisotopic (exact) mass is 276 g/mol. The zero-order valence-corrected chi connectivity index (χ0v) is 11.0. The maximum atomic E-state index is 12.1. The number of urea groups is 1. The second-order valence-corrected chi connectivity index (χ2v) is 4.67. The van der Waals surface area contributed by atoms with Crippen LogP contribution >= 0.6 is 0 Å². The Morgan fingerprint density at radius 1 is 1.53 bits per heavy atom. The van der Waals surface area contributed by atoms with Crippen molar-refractivity contribution in [2.75, 3.05) is 33.9 Å². The van der Waals surface area contributed by atoms with Crippen molar-refractivity contribution in [3.8, 4) is 0 Å². The molecule has 3 atom stereocenters. The van der Waals surface area contributed by atoms with Gasteiger partial charge in [-0.2, -0.15) is 0 Å². The van der Waals surface area contributed by atoms with Crippen molar-refractivity contribution < 1.29 is 29.6 Å². The van der Waals surface area contributed by atoms with Crippen molar-refractivity contribution in [2.45, 2.75) is 24.7 Å². The summed E-state index contributed by atoms with van der Waals surface area (Å²) in [5.74, 6) is -1.14. The highest BCUT2D eigenvalue weighted by molar-refractivity contribution is 5.83. The number of carbonyl (C=O) groups excluding carboxylic acids is 1. The average Bonchev–Trinajstić information content (AvgIpc) is 2.70. The maximum Gasteiger partial charge on any atom is 0.326 e. The lowest BCUT2D eigenvalue weighted by atomic mass is 10.2. The van der Waals surface area contributed by atoms with Crippen molar-refractivity contribution in [3.63, 3.8) is 0 Å². The summed E-state index contributed by atoms with van der Waals surface area (Å²) in [5.41, 5.74) is 0. The Morgan fingerprint density at radius 3 is 2.68 bits per heavy atom. The van der Waals surface area contributed by atoms with Crippen LogP contribution in [0.15, 0.2) is 0 Å². The zero-order valence-electron chi connectivity index (χ0n) is 11.0. The van der Waals surface area contributed by atoms with E-state index in [0.29, 0.717) is 0 Å². The first-order valence-corrected chi connectivity index (χ1v) is 5.96. The number of nitrogens with zero attached hydrogens (tertiary/aromatic N) is 2. The van der Waals surface area contributed by atoms with Gasteiger partial charge < -0.3 is 29.9 Å². The molecule has 0 aliphatic carbocycles. The van der Waals surface area contributed by atoms with Gasteiger partial charge in [-0.05, 0) is 0 Å². The molecule has 0 aromatic rings. The Labute approximate surface area is 111 Å². The Kier molecular flexibility index (Phi) is 5.52. The van der Waals surface area contributed by atoms with E-state index in [4.69, 9.17) is 9.84 Å². The van der Waals surface area contributed by atoms with Crippen molar-refractivity contribution in [3.05, 3.63) is 0 Å². The van der Waals surface area contributed by atoms with E-state index in [9.17, 15) is 19.8 Å². The largest absolute Gasteiger partial charge is 0.480 e. The molecule has 3 N–H and O–H groups in total. The van der Waals surface area contributed by atoms with Crippen LogP contribution in [0.25, 0.3) is 0 Å². The first kappa shape index (κ1) is 15.7. The Bertz CT molecular complexity index is 337. The SMILES string of the molecule is COCC(O)CN(C)C(=O)N1C[C@@H](O)C[C@H]1C(=O)O. The number of aliphatic hydroxyl groups is 2. The van der Waals surface area contributed by atoms with E-state index in [0.717, 1.165) is 4.90 Å². The second kappa shape index (κ2) is 6.69. The van der Waals surface area contributed by atoms with Gasteiger partial charge in [0.05, 0.1) is 25.4 Å². The molecule has 0 aromatic carbocycles. The van der Waals surface area contributed by atoms with E-state index in [1.54, 1.807) is 0 Å². The van der Waals surface area contributed by atoms with Crippen molar-refractivity contribution in [1.82, 2.24) is 9.80 Å². The van der Waals surface area contributed by atoms with E-state index >= 15 is 0 Å². The lowest BCUT2D eigenvalue weighted by molar-refractivity contribution is -0.141. The summed E-state index contributed by atoms with van der Waals surface area (Å²) < 4.78 is 4.75.